The summed E-state index contributed by atoms with van der Waals surface area (Å²) in [6.07, 6.45) is 13.6. The Morgan fingerprint density at radius 3 is 0.513 bits per heavy atom. The topological polar surface area (TPSA) is 211 Å². The lowest BCUT2D eigenvalue weighted by atomic mass is 10.1. The first-order valence-corrected chi connectivity index (χ1v) is 28.4. The van der Waals surface area contributed by atoms with Crippen LogP contribution in [0.4, 0.5) is 0 Å². The molecule has 0 atom stereocenters. The number of hydrogen-bond acceptors (Lipinski definition) is 22. The third-order valence-corrected chi connectivity index (χ3v) is 10.4. The van der Waals surface area contributed by atoms with Crippen LogP contribution in [0.5, 0.6) is 0 Å². The van der Waals surface area contributed by atoms with E-state index in [1.54, 1.807) is 0 Å². The van der Waals surface area contributed by atoms with Crippen molar-refractivity contribution >= 4 is 5.97 Å². The van der Waals surface area contributed by atoms with E-state index in [0.717, 1.165) is 13.0 Å². The summed E-state index contributed by atoms with van der Waals surface area (Å²) in [6, 6.07) is 0. The third kappa shape index (κ3) is 70.7. The van der Waals surface area contributed by atoms with Gasteiger partial charge in [-0.15, -0.1) is 0 Å². The van der Waals surface area contributed by atoms with Crippen molar-refractivity contribution in [3.8, 4) is 0 Å². The van der Waals surface area contributed by atoms with Gasteiger partial charge >= 0.3 is 5.97 Å². The van der Waals surface area contributed by atoms with Crippen LogP contribution in [0, 0.1) is 0 Å². The van der Waals surface area contributed by atoms with E-state index in [1.165, 1.54) is 64.9 Å². The van der Waals surface area contributed by atoms with Crippen molar-refractivity contribution in [3.05, 3.63) is 0 Å². The van der Waals surface area contributed by atoms with Crippen LogP contribution in [-0.2, 0) is 104 Å². The minimum Gasteiger partial charge on any atom is -0.469 e. The van der Waals surface area contributed by atoms with Crippen LogP contribution in [0.25, 0.3) is 0 Å². The van der Waals surface area contributed by atoms with Crippen molar-refractivity contribution in [2.75, 3.05) is 271 Å². The van der Waals surface area contributed by atoms with Crippen molar-refractivity contribution in [3.63, 3.8) is 0 Å². The molecule has 456 valence electrons. The first kappa shape index (κ1) is 74.7. The predicted octanol–water partition coefficient (Wildman–Crippen LogP) is 4.80. The standard InChI is InChI=1S/C54H108O22/c1-3-4-5-6-7-8-9-10-11-12-14-57-16-18-59-20-22-61-24-26-63-28-30-65-32-34-67-36-38-69-40-42-71-44-46-73-48-50-75-52-53-76-51-49-74-47-45-72-43-41-70-39-37-68-35-33-66-31-29-64-27-25-62-23-21-60-19-17-58-15-13-54(55)56-2/h3-53H2,1-2H3. The van der Waals surface area contributed by atoms with E-state index in [4.69, 9.17) is 94.7 Å². The van der Waals surface area contributed by atoms with Crippen LogP contribution in [0.1, 0.15) is 77.6 Å². The van der Waals surface area contributed by atoms with E-state index < -0.39 is 0 Å². The van der Waals surface area contributed by atoms with Crippen LogP contribution in [-0.4, -0.2) is 277 Å². The van der Waals surface area contributed by atoms with Gasteiger partial charge in [-0.1, -0.05) is 64.7 Å². The Morgan fingerprint density at radius 1 is 0.197 bits per heavy atom. The van der Waals surface area contributed by atoms with Gasteiger partial charge in [-0.25, -0.2) is 0 Å². The number of carbonyl (C=O) groups is 1. The largest absolute Gasteiger partial charge is 0.469 e. The summed E-state index contributed by atoms with van der Waals surface area (Å²) in [4.78, 5) is 11.0. The molecule has 0 bridgehead atoms. The van der Waals surface area contributed by atoms with Gasteiger partial charge in [-0.05, 0) is 6.42 Å². The van der Waals surface area contributed by atoms with E-state index in [-0.39, 0.29) is 12.4 Å². The molecule has 76 heavy (non-hydrogen) atoms. The first-order valence-electron chi connectivity index (χ1n) is 28.4. The Hall–Kier alpha value is -1.33. The smallest absolute Gasteiger partial charge is 0.307 e. The summed E-state index contributed by atoms with van der Waals surface area (Å²) in [5.41, 5.74) is 0. The second kappa shape index (κ2) is 71.7. The number of esters is 1. The molecular weight excluding hydrogens is 1000 g/mol. The Kier molecular flexibility index (Phi) is 70.4. The maximum Gasteiger partial charge on any atom is 0.307 e. The minimum atomic E-state index is -0.290. The molecule has 0 spiro atoms. The zero-order chi connectivity index (χ0) is 54.5. The van der Waals surface area contributed by atoms with Gasteiger partial charge in [-0.2, -0.15) is 0 Å². The first-order chi connectivity index (χ1) is 37.8. The van der Waals surface area contributed by atoms with Gasteiger partial charge in [0.05, 0.1) is 271 Å². The van der Waals surface area contributed by atoms with E-state index in [9.17, 15) is 4.79 Å². The van der Waals surface area contributed by atoms with E-state index in [2.05, 4.69) is 11.7 Å². The average molecular weight is 1110 g/mol. The number of unbranched alkanes of at least 4 members (excludes halogenated alkanes) is 9. The van der Waals surface area contributed by atoms with Crippen molar-refractivity contribution in [1.29, 1.82) is 0 Å². The van der Waals surface area contributed by atoms with Gasteiger partial charge < -0.3 is 99.5 Å². The quantitative estimate of drug-likeness (QED) is 0.0591. The van der Waals surface area contributed by atoms with Crippen LogP contribution >= 0.6 is 0 Å². The van der Waals surface area contributed by atoms with Crippen LogP contribution in [0.15, 0.2) is 0 Å². The predicted molar refractivity (Wildman–Crippen MR) is 285 cm³/mol. The molecule has 0 heterocycles. The third-order valence-electron chi connectivity index (χ3n) is 10.4. The molecule has 0 saturated heterocycles. The summed E-state index contributed by atoms with van der Waals surface area (Å²) in [5, 5.41) is 0. The maximum absolute atomic E-state index is 11.0. The summed E-state index contributed by atoms with van der Waals surface area (Å²) in [6.45, 7) is 22.4. The van der Waals surface area contributed by atoms with Crippen molar-refractivity contribution in [2.45, 2.75) is 77.6 Å². The molecule has 22 heteroatoms. The maximum atomic E-state index is 11.0. The second-order valence-electron chi connectivity index (χ2n) is 16.8. The molecule has 0 unspecified atom stereocenters. The van der Waals surface area contributed by atoms with Gasteiger partial charge in [0.15, 0.2) is 0 Å². The molecule has 0 amide bonds. The van der Waals surface area contributed by atoms with E-state index in [1.807, 2.05) is 0 Å². The molecule has 22 nitrogen and oxygen atoms in total. The number of methoxy groups -OCH3 is 1. The van der Waals surface area contributed by atoms with Gasteiger partial charge in [0.25, 0.3) is 0 Å². The van der Waals surface area contributed by atoms with Gasteiger partial charge in [0, 0.05) is 6.61 Å². The lowest BCUT2D eigenvalue weighted by Gasteiger charge is -2.09. The average Bonchev–Trinajstić information content (AvgIpc) is 3.43. The summed E-state index contributed by atoms with van der Waals surface area (Å²) < 4.78 is 115. The number of ether oxygens (including phenoxy) is 21. The molecule has 0 saturated carbocycles. The fourth-order valence-corrected chi connectivity index (χ4v) is 6.23. The highest BCUT2D eigenvalue weighted by molar-refractivity contribution is 5.69. The second-order valence-corrected chi connectivity index (χ2v) is 16.8. The van der Waals surface area contributed by atoms with Crippen molar-refractivity contribution < 1.29 is 104 Å². The molecule has 0 aromatic heterocycles. The van der Waals surface area contributed by atoms with E-state index in [0.29, 0.717) is 258 Å². The fourth-order valence-electron chi connectivity index (χ4n) is 6.23. The Labute approximate surface area is 458 Å². The lowest BCUT2D eigenvalue weighted by molar-refractivity contribution is -0.141. The molecule has 0 aliphatic rings. The SMILES string of the molecule is CCCCCCCCCCCCOCCOCCOCCOCCOCCOCCOCCOCCOCCOCCOCCOCCOCCOCCOCCOCCOCCOCCOCCOCCC(=O)OC. The van der Waals surface area contributed by atoms with Gasteiger partial charge in [0.2, 0.25) is 0 Å². The van der Waals surface area contributed by atoms with Crippen LogP contribution in [0.3, 0.4) is 0 Å². The molecule has 0 fully saturated rings. The minimum absolute atomic E-state index is 0.239. The fraction of sp³-hybridized carbons (Fsp3) is 0.981. The molecule has 0 rings (SSSR count). The Balaban J connectivity index is 3.08. The highest BCUT2D eigenvalue weighted by atomic mass is 16.6. The summed E-state index contributed by atoms with van der Waals surface area (Å²) in [5.74, 6) is -0.290. The van der Waals surface area contributed by atoms with Gasteiger partial charge in [-0.3, -0.25) is 4.79 Å². The molecule has 0 radical (unpaired) electrons. The lowest BCUT2D eigenvalue weighted by Crippen LogP contribution is -2.16. The van der Waals surface area contributed by atoms with E-state index >= 15 is 0 Å². The van der Waals surface area contributed by atoms with Crippen LogP contribution < -0.4 is 0 Å². The van der Waals surface area contributed by atoms with Crippen LogP contribution in [0.2, 0.25) is 0 Å². The highest BCUT2D eigenvalue weighted by Gasteiger charge is 2.02. The van der Waals surface area contributed by atoms with Crippen molar-refractivity contribution in [2.24, 2.45) is 0 Å². The molecule has 0 aliphatic heterocycles. The molecule has 0 aliphatic carbocycles. The molecule has 0 aromatic rings. The van der Waals surface area contributed by atoms with Gasteiger partial charge in [0.1, 0.15) is 0 Å². The summed E-state index contributed by atoms with van der Waals surface area (Å²) >= 11 is 0. The number of carbonyl (C=O) groups excluding carboxylic acids is 1. The Morgan fingerprint density at radius 2 is 0.342 bits per heavy atom. The highest BCUT2D eigenvalue weighted by Crippen LogP contribution is 2.10. The van der Waals surface area contributed by atoms with Crippen molar-refractivity contribution in [1.82, 2.24) is 0 Å². The number of hydrogen-bond donors (Lipinski definition) is 0. The monoisotopic (exact) mass is 1110 g/mol. The zero-order valence-electron chi connectivity index (χ0n) is 47.5. The molecule has 0 N–H and O–H groups in total. The number of rotatable bonds is 71. The zero-order valence-corrected chi connectivity index (χ0v) is 47.5. The normalized spacial score (nSPS) is 11.7. The summed E-state index contributed by atoms with van der Waals surface area (Å²) in [7, 11) is 1.35. The Bertz CT molecular complexity index is 1040. The molecule has 0 aromatic carbocycles. The molecular formula is C54H108O22.